The Balaban J connectivity index is 2.74. The Kier molecular flexibility index (Phi) is 3.17. The molecule has 78 valence electrons. The molecule has 0 spiro atoms. The van der Waals surface area contributed by atoms with Gasteiger partial charge in [0.15, 0.2) is 5.78 Å². The molecule has 0 radical (unpaired) electrons. The number of carbonyl (C=O) groups excluding carboxylic acids is 2. The summed E-state index contributed by atoms with van der Waals surface area (Å²) in [4.78, 5) is 32.2. The van der Waals surface area contributed by atoms with Crippen molar-refractivity contribution in [1.29, 1.82) is 0 Å². The number of carbonyl (C=O) groups is 3. The molecule has 1 aromatic rings. The lowest BCUT2D eigenvalue weighted by molar-refractivity contribution is -0.148. The van der Waals surface area contributed by atoms with Crippen molar-refractivity contribution in [3.05, 3.63) is 29.8 Å². The Labute approximate surface area is 85.0 Å². The maximum absolute atomic E-state index is 11.3. The van der Waals surface area contributed by atoms with Crippen molar-refractivity contribution >= 4 is 17.5 Å². The van der Waals surface area contributed by atoms with Gasteiger partial charge in [0.25, 0.3) is 0 Å². The Morgan fingerprint density at radius 2 is 1.60 bits per heavy atom. The number of phenols is 1. The lowest BCUT2D eigenvalue weighted by atomic mass is 10.1. The minimum atomic E-state index is -1.62. The normalized spacial score (nSPS) is 9.60. The summed E-state index contributed by atoms with van der Waals surface area (Å²) >= 11 is 0. The fourth-order valence-electron chi connectivity index (χ4n) is 0.971. The van der Waals surface area contributed by atoms with Crippen LogP contribution in [0.4, 0.5) is 0 Å². The van der Waals surface area contributed by atoms with E-state index in [-0.39, 0.29) is 11.3 Å². The summed E-state index contributed by atoms with van der Waals surface area (Å²) in [6.45, 7) is 0. The van der Waals surface area contributed by atoms with Crippen LogP contribution >= 0.6 is 0 Å². The van der Waals surface area contributed by atoms with Crippen LogP contribution in [0.2, 0.25) is 0 Å². The first kappa shape index (κ1) is 10.9. The third kappa shape index (κ3) is 2.91. The van der Waals surface area contributed by atoms with Crippen molar-refractivity contribution in [3.63, 3.8) is 0 Å². The molecular weight excluding hydrogens is 200 g/mol. The number of Topliss-reactive ketones (excluding diaryl/α,β-unsaturated/α-hetero) is 2. The van der Waals surface area contributed by atoms with E-state index in [0.717, 1.165) is 0 Å². The minimum absolute atomic E-state index is 0.00360. The number of aliphatic carboxylic acids is 1. The molecule has 0 amide bonds. The molecule has 2 N–H and O–H groups in total. The van der Waals surface area contributed by atoms with Gasteiger partial charge in [-0.15, -0.1) is 0 Å². The fourth-order valence-corrected chi connectivity index (χ4v) is 0.971. The molecule has 0 unspecified atom stereocenters. The summed E-state index contributed by atoms with van der Waals surface area (Å²) in [5, 5.41) is 17.2. The third-order valence-electron chi connectivity index (χ3n) is 1.75. The SMILES string of the molecule is O=C(O)C(=O)CC(=O)c1ccc(O)cc1. The average molecular weight is 208 g/mol. The second-order valence-corrected chi connectivity index (χ2v) is 2.88. The number of aromatic hydroxyl groups is 1. The van der Waals surface area contributed by atoms with Gasteiger partial charge in [-0.25, -0.2) is 4.79 Å². The molecule has 0 fully saturated rings. The Morgan fingerprint density at radius 1 is 1.07 bits per heavy atom. The standard InChI is InChI=1S/C10H8O5/c11-7-3-1-6(2-4-7)8(12)5-9(13)10(14)15/h1-4,11H,5H2,(H,14,15). The van der Waals surface area contributed by atoms with Crippen LogP contribution in [0.1, 0.15) is 16.8 Å². The molecule has 0 bridgehead atoms. The average Bonchev–Trinajstić information content (AvgIpc) is 2.18. The van der Waals surface area contributed by atoms with Gasteiger partial charge in [-0.1, -0.05) is 0 Å². The van der Waals surface area contributed by atoms with Crippen LogP contribution in [-0.4, -0.2) is 27.7 Å². The van der Waals surface area contributed by atoms with E-state index >= 15 is 0 Å². The van der Waals surface area contributed by atoms with Crippen LogP contribution in [0, 0.1) is 0 Å². The highest BCUT2D eigenvalue weighted by molar-refractivity contribution is 6.37. The van der Waals surface area contributed by atoms with Gasteiger partial charge in [0.05, 0.1) is 6.42 Å². The summed E-state index contributed by atoms with van der Waals surface area (Å²) in [7, 11) is 0. The van der Waals surface area contributed by atoms with E-state index in [9.17, 15) is 14.4 Å². The number of carboxylic acid groups (broad SMARTS) is 1. The Morgan fingerprint density at radius 3 is 2.07 bits per heavy atom. The van der Waals surface area contributed by atoms with Crippen molar-refractivity contribution in [2.75, 3.05) is 0 Å². The lowest BCUT2D eigenvalue weighted by Crippen LogP contribution is -2.17. The summed E-state index contributed by atoms with van der Waals surface area (Å²) in [5.41, 5.74) is 0.197. The molecule has 0 aliphatic carbocycles. The number of hydrogen-bond donors (Lipinski definition) is 2. The van der Waals surface area contributed by atoms with E-state index in [4.69, 9.17) is 10.2 Å². The molecule has 0 saturated carbocycles. The predicted octanol–water partition coefficient (Wildman–Crippen LogP) is 0.619. The van der Waals surface area contributed by atoms with Crippen molar-refractivity contribution < 1.29 is 24.6 Å². The van der Waals surface area contributed by atoms with Crippen LogP contribution < -0.4 is 0 Å². The molecule has 0 aliphatic rings. The van der Waals surface area contributed by atoms with Gasteiger partial charge in [0.1, 0.15) is 5.75 Å². The molecule has 5 heteroatoms. The zero-order valence-corrected chi connectivity index (χ0v) is 7.64. The van der Waals surface area contributed by atoms with E-state index in [1.54, 1.807) is 0 Å². The summed E-state index contributed by atoms with van der Waals surface area (Å²) in [6.07, 6.45) is -0.667. The first-order valence-corrected chi connectivity index (χ1v) is 4.09. The van der Waals surface area contributed by atoms with Crippen LogP contribution in [0.3, 0.4) is 0 Å². The van der Waals surface area contributed by atoms with Gasteiger partial charge in [-0.3, -0.25) is 9.59 Å². The van der Waals surface area contributed by atoms with E-state index in [2.05, 4.69) is 0 Å². The van der Waals surface area contributed by atoms with Gasteiger partial charge in [-0.2, -0.15) is 0 Å². The first-order valence-electron chi connectivity index (χ1n) is 4.09. The largest absolute Gasteiger partial charge is 0.508 e. The van der Waals surface area contributed by atoms with Crippen LogP contribution in [0.25, 0.3) is 0 Å². The van der Waals surface area contributed by atoms with Gasteiger partial charge in [0, 0.05) is 5.56 Å². The van der Waals surface area contributed by atoms with Crippen LogP contribution in [0.5, 0.6) is 5.75 Å². The molecule has 0 aliphatic heterocycles. The van der Waals surface area contributed by atoms with Crippen molar-refractivity contribution in [2.24, 2.45) is 0 Å². The van der Waals surface area contributed by atoms with Gasteiger partial charge in [-0.05, 0) is 24.3 Å². The maximum Gasteiger partial charge on any atom is 0.372 e. The maximum atomic E-state index is 11.3. The molecular formula is C10H8O5. The number of carboxylic acids is 1. The lowest BCUT2D eigenvalue weighted by Gasteiger charge is -1.98. The van der Waals surface area contributed by atoms with Gasteiger partial charge < -0.3 is 10.2 Å². The summed E-state index contributed by atoms with van der Waals surface area (Å²) in [5.74, 6) is -3.35. The third-order valence-corrected chi connectivity index (χ3v) is 1.75. The molecule has 0 atom stereocenters. The highest BCUT2D eigenvalue weighted by Crippen LogP contribution is 2.11. The Bertz CT molecular complexity index is 404. The minimum Gasteiger partial charge on any atom is -0.508 e. The zero-order valence-electron chi connectivity index (χ0n) is 7.64. The first-order chi connectivity index (χ1) is 7.00. The molecule has 1 aromatic carbocycles. The number of hydrogen-bond acceptors (Lipinski definition) is 4. The fraction of sp³-hybridized carbons (Fsp3) is 0.100. The van der Waals surface area contributed by atoms with Crippen LogP contribution in [-0.2, 0) is 9.59 Å². The highest BCUT2D eigenvalue weighted by atomic mass is 16.4. The molecule has 0 aromatic heterocycles. The van der Waals surface area contributed by atoms with E-state index in [1.807, 2.05) is 0 Å². The topological polar surface area (TPSA) is 91.7 Å². The van der Waals surface area contributed by atoms with Crippen LogP contribution in [0.15, 0.2) is 24.3 Å². The molecule has 15 heavy (non-hydrogen) atoms. The zero-order chi connectivity index (χ0) is 11.4. The second-order valence-electron chi connectivity index (χ2n) is 2.88. The molecule has 5 nitrogen and oxygen atoms in total. The van der Waals surface area contributed by atoms with E-state index in [0.29, 0.717) is 0 Å². The second kappa shape index (κ2) is 4.36. The van der Waals surface area contributed by atoms with Crippen molar-refractivity contribution in [2.45, 2.75) is 6.42 Å². The van der Waals surface area contributed by atoms with E-state index in [1.165, 1.54) is 24.3 Å². The number of rotatable bonds is 4. The summed E-state index contributed by atoms with van der Waals surface area (Å²) in [6, 6.07) is 5.23. The summed E-state index contributed by atoms with van der Waals surface area (Å²) < 4.78 is 0. The quantitative estimate of drug-likeness (QED) is 0.430. The van der Waals surface area contributed by atoms with Gasteiger partial charge in [0.2, 0.25) is 5.78 Å². The van der Waals surface area contributed by atoms with Crippen molar-refractivity contribution in [3.8, 4) is 5.75 Å². The van der Waals surface area contributed by atoms with E-state index < -0.39 is 24.0 Å². The monoisotopic (exact) mass is 208 g/mol. The Hall–Kier alpha value is -2.17. The molecule has 0 heterocycles. The number of ketones is 2. The molecule has 0 saturated heterocycles. The highest BCUT2D eigenvalue weighted by Gasteiger charge is 2.17. The smallest absolute Gasteiger partial charge is 0.372 e. The number of phenolic OH excluding ortho intramolecular Hbond substituents is 1. The number of benzene rings is 1. The van der Waals surface area contributed by atoms with Crippen molar-refractivity contribution in [1.82, 2.24) is 0 Å². The van der Waals surface area contributed by atoms with Gasteiger partial charge >= 0.3 is 5.97 Å². The predicted molar refractivity (Wildman–Crippen MR) is 49.7 cm³/mol. The molecule has 1 rings (SSSR count).